The molecule has 0 spiro atoms. The van der Waals surface area contributed by atoms with Crippen LogP contribution in [0, 0.1) is 31.0 Å². The molecule has 1 N–H and O–H groups in total. The van der Waals surface area contributed by atoms with Crippen molar-refractivity contribution in [3.05, 3.63) is 47.0 Å². The fraction of sp³-hybridized carbons (Fsp3) is 0.154. The summed E-state index contributed by atoms with van der Waals surface area (Å²) in [5.41, 5.74) is 1.97. The molecule has 1 aromatic carbocycles. The van der Waals surface area contributed by atoms with Crippen LogP contribution in [0.1, 0.15) is 17.0 Å². The molecule has 0 saturated carbocycles. The fourth-order valence-corrected chi connectivity index (χ4v) is 1.58. The van der Waals surface area contributed by atoms with Crippen LogP contribution in [0.25, 0.3) is 0 Å². The molecule has 0 bridgehead atoms. The Labute approximate surface area is 104 Å². The molecule has 0 radical (unpaired) electrons. The minimum atomic E-state index is -0.376. The molecular weight excluding hydrogens is 231 g/mol. The molecule has 0 saturated heterocycles. The number of nitrogens with one attached hydrogen (secondary N) is 1. The van der Waals surface area contributed by atoms with Crippen LogP contribution in [0.3, 0.4) is 0 Å². The Balaban J connectivity index is 2.40. The Morgan fingerprint density at radius 3 is 2.72 bits per heavy atom. The molecule has 2 rings (SSSR count). The predicted octanol–water partition coefficient (Wildman–Crippen LogP) is 2.85. The van der Waals surface area contributed by atoms with Crippen LogP contribution in [0.2, 0.25) is 0 Å². The van der Waals surface area contributed by atoms with Crippen molar-refractivity contribution in [2.75, 3.05) is 5.32 Å². The third kappa shape index (κ3) is 2.43. The zero-order valence-corrected chi connectivity index (χ0v) is 10.0. The number of anilines is 2. The maximum Gasteiger partial charge on any atom is 0.228 e. The van der Waals surface area contributed by atoms with Gasteiger partial charge < -0.3 is 5.32 Å². The predicted molar refractivity (Wildman–Crippen MR) is 65.9 cm³/mol. The van der Waals surface area contributed by atoms with Gasteiger partial charge in [0.1, 0.15) is 17.6 Å². The van der Waals surface area contributed by atoms with Crippen LogP contribution in [-0.2, 0) is 0 Å². The zero-order chi connectivity index (χ0) is 13.1. The Hall–Kier alpha value is -2.48. The zero-order valence-electron chi connectivity index (χ0n) is 10.0. The van der Waals surface area contributed by atoms with Crippen molar-refractivity contribution in [2.45, 2.75) is 13.8 Å². The Kier molecular flexibility index (Phi) is 3.20. The molecule has 5 heteroatoms. The molecule has 2 aromatic rings. The first kappa shape index (κ1) is 12.0. The molecule has 18 heavy (non-hydrogen) atoms. The van der Waals surface area contributed by atoms with E-state index in [9.17, 15) is 4.39 Å². The average molecular weight is 242 g/mol. The molecular formula is C13H11FN4. The van der Waals surface area contributed by atoms with E-state index >= 15 is 0 Å². The largest absolute Gasteiger partial charge is 0.321 e. The van der Waals surface area contributed by atoms with Gasteiger partial charge >= 0.3 is 0 Å². The standard InChI is InChI=1S/C13H11FN4/c1-8-4-3-5-11(14)12(8)18-13-16-9(2)6-10(7-15)17-13/h3-6H,1-2H3,(H,16,17,18). The lowest BCUT2D eigenvalue weighted by Crippen LogP contribution is -2.03. The SMILES string of the molecule is Cc1cc(C#N)nc(Nc2c(C)cccc2F)n1. The number of hydrogen-bond acceptors (Lipinski definition) is 4. The molecule has 1 aromatic heterocycles. The van der Waals surface area contributed by atoms with Gasteiger partial charge in [0.05, 0.1) is 5.69 Å². The van der Waals surface area contributed by atoms with Crippen molar-refractivity contribution in [3.8, 4) is 6.07 Å². The van der Waals surface area contributed by atoms with E-state index in [4.69, 9.17) is 5.26 Å². The van der Waals surface area contributed by atoms with E-state index in [1.807, 2.05) is 6.07 Å². The van der Waals surface area contributed by atoms with Crippen molar-refractivity contribution in [1.82, 2.24) is 9.97 Å². The summed E-state index contributed by atoms with van der Waals surface area (Å²) < 4.78 is 13.6. The maximum atomic E-state index is 13.6. The lowest BCUT2D eigenvalue weighted by Gasteiger charge is -2.09. The number of halogens is 1. The lowest BCUT2D eigenvalue weighted by molar-refractivity contribution is 0.630. The van der Waals surface area contributed by atoms with Gasteiger partial charge in [-0.05, 0) is 31.5 Å². The topological polar surface area (TPSA) is 61.6 Å². The highest BCUT2D eigenvalue weighted by Crippen LogP contribution is 2.21. The van der Waals surface area contributed by atoms with Crippen molar-refractivity contribution in [1.29, 1.82) is 5.26 Å². The summed E-state index contributed by atoms with van der Waals surface area (Å²) in [4.78, 5) is 8.10. The van der Waals surface area contributed by atoms with Crippen LogP contribution in [0.15, 0.2) is 24.3 Å². The second-order valence-electron chi connectivity index (χ2n) is 3.89. The minimum absolute atomic E-state index is 0.222. The third-order valence-corrected chi connectivity index (χ3v) is 2.43. The number of rotatable bonds is 2. The Bertz CT molecular complexity index is 611. The van der Waals surface area contributed by atoms with Gasteiger partial charge in [-0.1, -0.05) is 12.1 Å². The summed E-state index contributed by atoms with van der Waals surface area (Å²) in [5, 5.41) is 11.6. The summed E-state index contributed by atoms with van der Waals surface area (Å²) in [6, 6.07) is 8.28. The number of aromatic nitrogens is 2. The van der Waals surface area contributed by atoms with Gasteiger partial charge in [-0.3, -0.25) is 0 Å². The monoisotopic (exact) mass is 242 g/mol. The summed E-state index contributed by atoms with van der Waals surface area (Å²) in [5.74, 6) is -0.154. The third-order valence-electron chi connectivity index (χ3n) is 2.43. The highest BCUT2D eigenvalue weighted by molar-refractivity contribution is 5.59. The van der Waals surface area contributed by atoms with Crippen LogP contribution >= 0.6 is 0 Å². The van der Waals surface area contributed by atoms with E-state index in [0.29, 0.717) is 11.4 Å². The summed E-state index contributed by atoms with van der Waals surface area (Å²) in [6.07, 6.45) is 0. The number of benzene rings is 1. The van der Waals surface area contributed by atoms with Gasteiger partial charge in [-0.2, -0.15) is 5.26 Å². The number of nitrogens with zero attached hydrogens (tertiary/aromatic N) is 3. The van der Waals surface area contributed by atoms with E-state index < -0.39 is 0 Å². The van der Waals surface area contributed by atoms with E-state index in [-0.39, 0.29) is 17.5 Å². The van der Waals surface area contributed by atoms with E-state index in [1.54, 1.807) is 32.0 Å². The molecule has 0 amide bonds. The highest BCUT2D eigenvalue weighted by atomic mass is 19.1. The molecule has 0 aliphatic rings. The van der Waals surface area contributed by atoms with Crippen LogP contribution in [-0.4, -0.2) is 9.97 Å². The average Bonchev–Trinajstić information content (AvgIpc) is 2.33. The van der Waals surface area contributed by atoms with Crippen molar-refractivity contribution < 1.29 is 4.39 Å². The summed E-state index contributed by atoms with van der Waals surface area (Å²) in [7, 11) is 0. The second-order valence-corrected chi connectivity index (χ2v) is 3.89. The number of hydrogen-bond donors (Lipinski definition) is 1. The first-order chi connectivity index (χ1) is 8.60. The van der Waals surface area contributed by atoms with Crippen molar-refractivity contribution in [2.24, 2.45) is 0 Å². The van der Waals surface area contributed by atoms with Crippen LogP contribution < -0.4 is 5.32 Å². The van der Waals surface area contributed by atoms with Gasteiger partial charge in [-0.25, -0.2) is 14.4 Å². The van der Waals surface area contributed by atoms with Crippen molar-refractivity contribution >= 4 is 11.6 Å². The van der Waals surface area contributed by atoms with Gasteiger partial charge in [0.15, 0.2) is 0 Å². The lowest BCUT2D eigenvalue weighted by atomic mass is 10.2. The fourth-order valence-electron chi connectivity index (χ4n) is 1.58. The molecule has 0 unspecified atom stereocenters. The van der Waals surface area contributed by atoms with Gasteiger partial charge in [0.25, 0.3) is 0 Å². The quantitative estimate of drug-likeness (QED) is 0.879. The van der Waals surface area contributed by atoms with Gasteiger partial charge in [0.2, 0.25) is 5.95 Å². The summed E-state index contributed by atoms with van der Waals surface area (Å²) >= 11 is 0. The van der Waals surface area contributed by atoms with Crippen LogP contribution in [0.5, 0.6) is 0 Å². The van der Waals surface area contributed by atoms with Gasteiger partial charge in [-0.15, -0.1) is 0 Å². The Morgan fingerprint density at radius 2 is 2.06 bits per heavy atom. The normalized spacial score (nSPS) is 9.89. The second kappa shape index (κ2) is 4.80. The minimum Gasteiger partial charge on any atom is -0.321 e. The first-order valence-electron chi connectivity index (χ1n) is 5.38. The number of aryl methyl sites for hydroxylation is 2. The molecule has 0 fully saturated rings. The molecule has 0 aliphatic carbocycles. The molecule has 1 heterocycles. The Morgan fingerprint density at radius 1 is 1.28 bits per heavy atom. The molecule has 0 aliphatic heterocycles. The smallest absolute Gasteiger partial charge is 0.228 e. The van der Waals surface area contributed by atoms with E-state index in [2.05, 4.69) is 15.3 Å². The first-order valence-corrected chi connectivity index (χ1v) is 5.38. The maximum absolute atomic E-state index is 13.6. The van der Waals surface area contributed by atoms with E-state index in [0.717, 1.165) is 5.56 Å². The van der Waals surface area contributed by atoms with Gasteiger partial charge in [0, 0.05) is 5.69 Å². The highest BCUT2D eigenvalue weighted by Gasteiger charge is 2.08. The molecule has 90 valence electrons. The molecule has 0 atom stereocenters. The van der Waals surface area contributed by atoms with E-state index in [1.165, 1.54) is 6.07 Å². The summed E-state index contributed by atoms with van der Waals surface area (Å²) in [6.45, 7) is 3.54. The molecule has 4 nitrogen and oxygen atoms in total. The number of para-hydroxylation sites is 1. The van der Waals surface area contributed by atoms with Crippen molar-refractivity contribution in [3.63, 3.8) is 0 Å². The van der Waals surface area contributed by atoms with Crippen LogP contribution in [0.4, 0.5) is 16.0 Å². The number of nitriles is 1.